The van der Waals surface area contributed by atoms with E-state index in [1.165, 1.54) is 45.3 Å². The molecule has 2 saturated heterocycles. The molecular weight excluding hydrogens is 172 g/mol. The minimum atomic E-state index is 0.822. The van der Waals surface area contributed by atoms with E-state index in [1.54, 1.807) is 0 Å². The van der Waals surface area contributed by atoms with E-state index >= 15 is 0 Å². The molecule has 0 radical (unpaired) electrons. The fourth-order valence-corrected chi connectivity index (χ4v) is 2.98. The molecule has 2 aliphatic heterocycles. The van der Waals surface area contributed by atoms with E-state index in [-0.39, 0.29) is 0 Å². The maximum atomic E-state index is 3.48. The van der Waals surface area contributed by atoms with Crippen LogP contribution in [0, 0.1) is 5.92 Å². The van der Waals surface area contributed by atoms with Crippen LogP contribution < -0.4 is 5.32 Å². The Balaban J connectivity index is 1.93. The van der Waals surface area contributed by atoms with E-state index in [2.05, 4.69) is 24.1 Å². The predicted molar refractivity (Wildman–Crippen MR) is 60.5 cm³/mol. The van der Waals surface area contributed by atoms with Gasteiger partial charge in [-0.25, -0.2) is 0 Å². The Labute approximate surface area is 88.1 Å². The molecule has 2 aliphatic rings. The summed E-state index contributed by atoms with van der Waals surface area (Å²) in [5.74, 6) is 0.965. The maximum Gasteiger partial charge on any atom is 0.0235 e. The van der Waals surface area contributed by atoms with E-state index in [0.717, 1.165) is 18.0 Å². The van der Waals surface area contributed by atoms with Crippen molar-refractivity contribution >= 4 is 0 Å². The van der Waals surface area contributed by atoms with Gasteiger partial charge >= 0.3 is 0 Å². The van der Waals surface area contributed by atoms with E-state index in [4.69, 9.17) is 0 Å². The first-order chi connectivity index (χ1) is 6.81. The van der Waals surface area contributed by atoms with Crippen LogP contribution in [0.4, 0.5) is 0 Å². The number of piperidine rings is 1. The Morgan fingerprint density at radius 3 is 2.79 bits per heavy atom. The van der Waals surface area contributed by atoms with Crippen LogP contribution in [0.3, 0.4) is 0 Å². The smallest absolute Gasteiger partial charge is 0.0235 e. The van der Waals surface area contributed by atoms with Crippen molar-refractivity contribution in [3.63, 3.8) is 0 Å². The van der Waals surface area contributed by atoms with Gasteiger partial charge in [0.2, 0.25) is 0 Å². The first kappa shape index (κ1) is 10.4. The zero-order chi connectivity index (χ0) is 9.97. The van der Waals surface area contributed by atoms with Gasteiger partial charge in [-0.2, -0.15) is 0 Å². The Kier molecular flexibility index (Phi) is 3.45. The second kappa shape index (κ2) is 4.63. The first-order valence-corrected chi connectivity index (χ1v) is 6.27. The number of nitrogens with one attached hydrogen (secondary N) is 1. The highest BCUT2D eigenvalue weighted by molar-refractivity contribution is 4.87. The van der Waals surface area contributed by atoms with E-state index < -0.39 is 0 Å². The van der Waals surface area contributed by atoms with Crippen molar-refractivity contribution in [3.8, 4) is 0 Å². The Morgan fingerprint density at radius 2 is 2.14 bits per heavy atom. The predicted octanol–water partition coefficient (Wildman–Crippen LogP) is 1.86. The minimum Gasteiger partial charge on any atom is -0.315 e. The number of hydrogen-bond donors (Lipinski definition) is 1. The second-order valence-corrected chi connectivity index (χ2v) is 5.04. The molecule has 2 fully saturated rings. The first-order valence-electron chi connectivity index (χ1n) is 6.27. The van der Waals surface area contributed by atoms with E-state index in [1.807, 2.05) is 0 Å². The Bertz CT molecular complexity index is 175. The van der Waals surface area contributed by atoms with Gasteiger partial charge in [0.15, 0.2) is 0 Å². The highest BCUT2D eigenvalue weighted by Crippen LogP contribution is 2.27. The summed E-state index contributed by atoms with van der Waals surface area (Å²) in [5, 5.41) is 3.48. The maximum absolute atomic E-state index is 3.48. The van der Waals surface area contributed by atoms with Gasteiger partial charge in [-0.15, -0.1) is 0 Å². The molecule has 0 amide bonds. The molecule has 0 bridgehead atoms. The van der Waals surface area contributed by atoms with Gasteiger partial charge in [-0.1, -0.05) is 13.3 Å². The second-order valence-electron chi connectivity index (χ2n) is 5.04. The third kappa shape index (κ3) is 2.12. The molecule has 82 valence electrons. The molecule has 0 aliphatic carbocycles. The van der Waals surface area contributed by atoms with Crippen LogP contribution in [0.2, 0.25) is 0 Å². The lowest BCUT2D eigenvalue weighted by molar-refractivity contribution is 0.0779. The van der Waals surface area contributed by atoms with Gasteiger partial charge in [-0.05, 0) is 38.6 Å². The summed E-state index contributed by atoms with van der Waals surface area (Å²) in [6.07, 6.45) is 5.59. The molecule has 2 heteroatoms. The van der Waals surface area contributed by atoms with E-state index in [9.17, 15) is 0 Å². The largest absolute Gasteiger partial charge is 0.315 e. The molecule has 1 unspecified atom stereocenters. The van der Waals surface area contributed by atoms with Crippen LogP contribution in [-0.2, 0) is 0 Å². The summed E-state index contributed by atoms with van der Waals surface area (Å²) >= 11 is 0. The van der Waals surface area contributed by atoms with Crippen LogP contribution >= 0.6 is 0 Å². The SMILES string of the molecule is CC[C@@H]1CC[C@@H](C)N(C2CCNC2)C1. The number of likely N-dealkylation sites (tertiary alicyclic amines) is 1. The summed E-state index contributed by atoms with van der Waals surface area (Å²) in [5.41, 5.74) is 0. The monoisotopic (exact) mass is 196 g/mol. The van der Waals surface area contributed by atoms with Crippen molar-refractivity contribution < 1.29 is 0 Å². The summed E-state index contributed by atoms with van der Waals surface area (Å²) in [6, 6.07) is 1.65. The van der Waals surface area contributed by atoms with Gasteiger partial charge in [-0.3, -0.25) is 4.90 Å². The highest BCUT2D eigenvalue weighted by atomic mass is 15.2. The average Bonchev–Trinajstić information content (AvgIpc) is 2.71. The zero-order valence-corrected chi connectivity index (χ0v) is 9.63. The molecule has 0 aromatic rings. The fraction of sp³-hybridized carbons (Fsp3) is 1.00. The van der Waals surface area contributed by atoms with Gasteiger partial charge in [0.1, 0.15) is 0 Å². The molecule has 0 aromatic heterocycles. The molecule has 1 N–H and O–H groups in total. The van der Waals surface area contributed by atoms with Gasteiger partial charge < -0.3 is 5.32 Å². The quantitative estimate of drug-likeness (QED) is 0.725. The van der Waals surface area contributed by atoms with Crippen LogP contribution in [0.5, 0.6) is 0 Å². The Hall–Kier alpha value is -0.0800. The molecule has 2 nitrogen and oxygen atoms in total. The third-order valence-electron chi connectivity index (χ3n) is 4.11. The van der Waals surface area contributed by atoms with E-state index in [0.29, 0.717) is 0 Å². The zero-order valence-electron chi connectivity index (χ0n) is 9.63. The molecule has 0 saturated carbocycles. The van der Waals surface area contributed by atoms with Crippen LogP contribution in [0.1, 0.15) is 39.5 Å². The molecule has 0 spiro atoms. The minimum absolute atomic E-state index is 0.822. The van der Waals surface area contributed by atoms with Crippen molar-refractivity contribution in [2.45, 2.75) is 51.6 Å². The summed E-state index contributed by atoms with van der Waals surface area (Å²) in [7, 11) is 0. The molecule has 2 rings (SSSR count). The molecule has 14 heavy (non-hydrogen) atoms. The number of rotatable bonds is 2. The molecular formula is C12H24N2. The van der Waals surface area contributed by atoms with Gasteiger partial charge in [0, 0.05) is 25.2 Å². The fourth-order valence-electron chi connectivity index (χ4n) is 2.98. The van der Waals surface area contributed by atoms with Crippen LogP contribution in [-0.4, -0.2) is 36.6 Å². The highest BCUT2D eigenvalue weighted by Gasteiger charge is 2.31. The molecule has 3 atom stereocenters. The van der Waals surface area contributed by atoms with Crippen molar-refractivity contribution in [3.05, 3.63) is 0 Å². The van der Waals surface area contributed by atoms with Gasteiger partial charge in [0.25, 0.3) is 0 Å². The Morgan fingerprint density at radius 1 is 1.29 bits per heavy atom. The van der Waals surface area contributed by atoms with Crippen molar-refractivity contribution in [1.29, 1.82) is 0 Å². The van der Waals surface area contributed by atoms with Crippen LogP contribution in [0.25, 0.3) is 0 Å². The standard InChI is InChI=1S/C12H24N2/c1-3-11-5-4-10(2)14(9-11)12-6-7-13-8-12/h10-13H,3-9H2,1-2H3/t10-,11-,12?/m1/s1. The lowest BCUT2D eigenvalue weighted by atomic mass is 9.90. The lowest BCUT2D eigenvalue weighted by Gasteiger charge is -2.41. The number of hydrogen-bond acceptors (Lipinski definition) is 2. The number of nitrogens with zero attached hydrogens (tertiary/aromatic N) is 1. The molecule has 0 aromatic carbocycles. The average molecular weight is 196 g/mol. The van der Waals surface area contributed by atoms with Crippen molar-refractivity contribution in [2.24, 2.45) is 5.92 Å². The lowest BCUT2D eigenvalue weighted by Crippen LogP contribution is -2.48. The third-order valence-corrected chi connectivity index (χ3v) is 4.11. The summed E-state index contributed by atoms with van der Waals surface area (Å²) in [4.78, 5) is 2.76. The van der Waals surface area contributed by atoms with Crippen molar-refractivity contribution in [2.75, 3.05) is 19.6 Å². The van der Waals surface area contributed by atoms with Crippen LogP contribution in [0.15, 0.2) is 0 Å². The molecule has 2 heterocycles. The topological polar surface area (TPSA) is 15.3 Å². The summed E-state index contributed by atoms with van der Waals surface area (Å²) in [6.45, 7) is 8.55. The normalized spacial score (nSPS) is 40.3. The summed E-state index contributed by atoms with van der Waals surface area (Å²) < 4.78 is 0. The van der Waals surface area contributed by atoms with Gasteiger partial charge in [0.05, 0.1) is 0 Å². The van der Waals surface area contributed by atoms with Crippen molar-refractivity contribution in [1.82, 2.24) is 10.2 Å².